The van der Waals surface area contributed by atoms with Crippen molar-refractivity contribution in [1.82, 2.24) is 10.6 Å². The zero-order valence-corrected chi connectivity index (χ0v) is 13.4. The van der Waals surface area contributed by atoms with Gasteiger partial charge in [0.15, 0.2) is 0 Å². The third kappa shape index (κ3) is 5.55. The Kier molecular flexibility index (Phi) is 5.90. The predicted molar refractivity (Wildman–Crippen MR) is 80.6 cm³/mol. The summed E-state index contributed by atoms with van der Waals surface area (Å²) >= 11 is 3.35. The van der Waals surface area contributed by atoms with Crippen LogP contribution >= 0.6 is 15.9 Å². The van der Waals surface area contributed by atoms with Gasteiger partial charge in [0.05, 0.1) is 5.41 Å². The fourth-order valence-corrected chi connectivity index (χ4v) is 1.93. The maximum Gasteiger partial charge on any atom is 0.321 e. The molecule has 21 heavy (non-hydrogen) atoms. The van der Waals surface area contributed by atoms with Crippen molar-refractivity contribution < 1.29 is 19.5 Å². The molecule has 0 unspecified atom stereocenters. The molecule has 0 radical (unpaired) electrons. The van der Waals surface area contributed by atoms with E-state index >= 15 is 0 Å². The first kappa shape index (κ1) is 17.2. The lowest BCUT2D eigenvalue weighted by molar-refractivity contribution is -0.149. The Morgan fingerprint density at radius 2 is 1.86 bits per heavy atom. The number of nitrogens with one attached hydrogen (secondary N) is 2. The maximum atomic E-state index is 11.6. The average Bonchev–Trinajstić information content (AvgIpc) is 2.36. The van der Waals surface area contributed by atoms with Crippen LogP contribution in [-0.2, 0) is 16.1 Å². The number of rotatable bonds is 5. The van der Waals surface area contributed by atoms with E-state index in [4.69, 9.17) is 5.11 Å². The zero-order valence-electron chi connectivity index (χ0n) is 11.8. The van der Waals surface area contributed by atoms with Crippen LogP contribution in [-0.4, -0.2) is 23.0 Å². The first-order valence-electron chi connectivity index (χ1n) is 6.27. The number of hydrogen-bond donors (Lipinski definition) is 3. The third-order valence-corrected chi connectivity index (χ3v) is 3.61. The second kappa shape index (κ2) is 7.21. The van der Waals surface area contributed by atoms with Crippen LogP contribution in [0.25, 0.3) is 0 Å². The Balaban J connectivity index is 2.46. The van der Waals surface area contributed by atoms with Crippen molar-refractivity contribution >= 4 is 33.8 Å². The molecule has 0 aliphatic heterocycles. The number of carboxylic acids is 1. The SMILES string of the molecule is CC(C)(CC(=O)NC(=O)NCc1ccccc1Br)C(=O)O. The summed E-state index contributed by atoms with van der Waals surface area (Å²) < 4.78 is 0.851. The molecule has 0 aliphatic carbocycles. The first-order valence-corrected chi connectivity index (χ1v) is 7.06. The Hall–Kier alpha value is -1.89. The van der Waals surface area contributed by atoms with Gasteiger partial charge >= 0.3 is 12.0 Å². The van der Waals surface area contributed by atoms with Crippen LogP contribution in [0.3, 0.4) is 0 Å². The number of amides is 3. The van der Waals surface area contributed by atoms with E-state index in [1.807, 2.05) is 24.3 Å². The minimum absolute atomic E-state index is 0.253. The summed E-state index contributed by atoms with van der Waals surface area (Å²) in [5.41, 5.74) is -0.349. The molecule has 6 nitrogen and oxygen atoms in total. The molecule has 0 heterocycles. The molecule has 7 heteroatoms. The van der Waals surface area contributed by atoms with Crippen LogP contribution in [0.4, 0.5) is 4.79 Å². The number of urea groups is 1. The Labute approximate surface area is 131 Å². The first-order chi connectivity index (χ1) is 9.72. The topological polar surface area (TPSA) is 95.5 Å². The minimum Gasteiger partial charge on any atom is -0.481 e. The van der Waals surface area contributed by atoms with Gasteiger partial charge in [0.25, 0.3) is 0 Å². The molecule has 3 N–H and O–H groups in total. The van der Waals surface area contributed by atoms with Gasteiger partial charge in [0, 0.05) is 17.4 Å². The summed E-state index contributed by atoms with van der Waals surface area (Å²) in [6.45, 7) is 3.10. The third-order valence-electron chi connectivity index (χ3n) is 2.83. The van der Waals surface area contributed by atoms with Crippen molar-refractivity contribution in [2.45, 2.75) is 26.8 Å². The molecule has 0 atom stereocenters. The highest BCUT2D eigenvalue weighted by Gasteiger charge is 2.30. The molecule has 0 bridgehead atoms. The monoisotopic (exact) mass is 356 g/mol. The highest BCUT2D eigenvalue weighted by molar-refractivity contribution is 9.10. The molecule has 0 saturated carbocycles. The Morgan fingerprint density at radius 1 is 1.24 bits per heavy atom. The molecule has 1 rings (SSSR count). The van der Waals surface area contributed by atoms with E-state index in [9.17, 15) is 14.4 Å². The van der Waals surface area contributed by atoms with E-state index in [0.29, 0.717) is 0 Å². The smallest absolute Gasteiger partial charge is 0.321 e. The second-order valence-electron chi connectivity index (χ2n) is 5.19. The van der Waals surface area contributed by atoms with Crippen molar-refractivity contribution in [3.05, 3.63) is 34.3 Å². The normalized spacial score (nSPS) is 10.8. The minimum atomic E-state index is -1.22. The second-order valence-corrected chi connectivity index (χ2v) is 6.04. The number of halogens is 1. The van der Waals surface area contributed by atoms with Gasteiger partial charge < -0.3 is 10.4 Å². The Morgan fingerprint density at radius 3 is 2.43 bits per heavy atom. The number of hydrogen-bond acceptors (Lipinski definition) is 3. The van der Waals surface area contributed by atoms with E-state index in [2.05, 4.69) is 26.6 Å². The molecule has 0 spiro atoms. The quantitative estimate of drug-likeness (QED) is 0.753. The fourth-order valence-electron chi connectivity index (χ4n) is 1.51. The molecule has 3 amide bonds. The summed E-state index contributed by atoms with van der Waals surface area (Å²) in [4.78, 5) is 34.1. The molecule has 0 aromatic heterocycles. The van der Waals surface area contributed by atoms with Gasteiger partial charge in [-0.05, 0) is 25.5 Å². The number of carboxylic acid groups (broad SMARTS) is 1. The Bertz CT molecular complexity index is 558. The van der Waals surface area contributed by atoms with Gasteiger partial charge in [-0.3, -0.25) is 14.9 Å². The summed E-state index contributed by atoms with van der Waals surface area (Å²) in [7, 11) is 0. The summed E-state index contributed by atoms with van der Waals surface area (Å²) in [6, 6.07) is 6.71. The van der Waals surface area contributed by atoms with Crippen LogP contribution in [0.15, 0.2) is 28.7 Å². The van der Waals surface area contributed by atoms with Gasteiger partial charge in [-0.25, -0.2) is 4.79 Å². The lowest BCUT2D eigenvalue weighted by atomic mass is 9.89. The van der Waals surface area contributed by atoms with Crippen molar-refractivity contribution in [2.24, 2.45) is 5.41 Å². The van der Waals surface area contributed by atoms with Crippen LogP contribution < -0.4 is 10.6 Å². The van der Waals surface area contributed by atoms with E-state index in [0.717, 1.165) is 10.0 Å². The average molecular weight is 357 g/mol. The van der Waals surface area contributed by atoms with Gasteiger partial charge in [-0.1, -0.05) is 34.1 Å². The van der Waals surface area contributed by atoms with Gasteiger partial charge in [0.1, 0.15) is 0 Å². The van der Waals surface area contributed by atoms with Gasteiger partial charge in [-0.15, -0.1) is 0 Å². The fraction of sp³-hybridized carbons (Fsp3) is 0.357. The lowest BCUT2D eigenvalue weighted by Crippen LogP contribution is -2.41. The van der Waals surface area contributed by atoms with Crippen LogP contribution in [0.2, 0.25) is 0 Å². The summed E-state index contributed by atoms with van der Waals surface area (Å²) in [5, 5.41) is 13.6. The summed E-state index contributed by atoms with van der Waals surface area (Å²) in [6.07, 6.45) is -0.273. The number of imide groups is 1. The maximum absolute atomic E-state index is 11.6. The van der Waals surface area contributed by atoms with Crippen LogP contribution in [0.5, 0.6) is 0 Å². The van der Waals surface area contributed by atoms with E-state index in [1.54, 1.807) is 0 Å². The van der Waals surface area contributed by atoms with Crippen molar-refractivity contribution in [3.63, 3.8) is 0 Å². The molecule has 0 fully saturated rings. The highest BCUT2D eigenvalue weighted by Crippen LogP contribution is 2.20. The number of aliphatic carboxylic acids is 1. The highest BCUT2D eigenvalue weighted by atomic mass is 79.9. The number of benzene rings is 1. The van der Waals surface area contributed by atoms with Crippen molar-refractivity contribution in [3.8, 4) is 0 Å². The summed E-state index contributed by atoms with van der Waals surface area (Å²) in [5.74, 6) is -1.72. The number of carbonyl (C=O) groups excluding carboxylic acids is 2. The molecule has 0 aliphatic rings. The lowest BCUT2D eigenvalue weighted by Gasteiger charge is -2.17. The molecular formula is C14H17BrN2O4. The number of carbonyl (C=O) groups is 3. The van der Waals surface area contributed by atoms with Crippen LogP contribution in [0.1, 0.15) is 25.8 Å². The molecular weight excluding hydrogens is 340 g/mol. The van der Waals surface area contributed by atoms with Crippen LogP contribution in [0, 0.1) is 5.41 Å². The van der Waals surface area contributed by atoms with Crippen molar-refractivity contribution in [1.29, 1.82) is 0 Å². The molecule has 1 aromatic rings. The molecule has 114 valence electrons. The molecule has 0 saturated heterocycles. The van der Waals surface area contributed by atoms with Gasteiger partial charge in [0.2, 0.25) is 5.91 Å². The predicted octanol–water partition coefficient (Wildman–Crippen LogP) is 2.28. The van der Waals surface area contributed by atoms with E-state index < -0.39 is 23.3 Å². The largest absolute Gasteiger partial charge is 0.481 e. The van der Waals surface area contributed by atoms with Crippen molar-refractivity contribution in [2.75, 3.05) is 0 Å². The zero-order chi connectivity index (χ0) is 16.0. The van der Waals surface area contributed by atoms with Gasteiger partial charge in [-0.2, -0.15) is 0 Å². The van der Waals surface area contributed by atoms with E-state index in [1.165, 1.54) is 13.8 Å². The van der Waals surface area contributed by atoms with E-state index in [-0.39, 0.29) is 13.0 Å². The molecule has 1 aromatic carbocycles. The standard InChI is InChI=1S/C14H17BrN2O4/c1-14(2,12(19)20)7-11(18)17-13(21)16-8-9-5-3-4-6-10(9)15/h3-6H,7-8H2,1-2H3,(H,19,20)(H2,16,17,18,21).